The van der Waals surface area contributed by atoms with E-state index in [4.69, 9.17) is 4.74 Å². The fraction of sp³-hybridized carbons (Fsp3) is 0.650. The molecule has 0 bridgehead atoms. The van der Waals surface area contributed by atoms with Crippen molar-refractivity contribution >= 4 is 5.91 Å². The van der Waals surface area contributed by atoms with Crippen LogP contribution >= 0.6 is 0 Å². The van der Waals surface area contributed by atoms with Gasteiger partial charge in [0.05, 0.1) is 19.6 Å². The number of amides is 1. The summed E-state index contributed by atoms with van der Waals surface area (Å²) < 4.78 is 5.93. The Morgan fingerprint density at radius 3 is 2.75 bits per heavy atom. The zero-order chi connectivity index (χ0) is 17.0. The Balaban J connectivity index is 1.67. The van der Waals surface area contributed by atoms with Gasteiger partial charge in [0.2, 0.25) is 5.91 Å². The molecule has 1 atom stereocenters. The third-order valence-corrected chi connectivity index (χ3v) is 5.41. The highest BCUT2D eigenvalue weighted by molar-refractivity contribution is 5.78. The minimum absolute atomic E-state index is 0.103. The molecule has 4 nitrogen and oxygen atoms in total. The highest BCUT2D eigenvalue weighted by Gasteiger charge is 2.40. The molecule has 2 aliphatic rings. The zero-order valence-corrected chi connectivity index (χ0v) is 15.0. The monoisotopic (exact) mass is 330 g/mol. The first-order valence-corrected chi connectivity index (χ1v) is 9.21. The summed E-state index contributed by atoms with van der Waals surface area (Å²) in [7, 11) is 0. The van der Waals surface area contributed by atoms with Crippen LogP contribution in [0.1, 0.15) is 32.3 Å². The van der Waals surface area contributed by atoms with Crippen LogP contribution < -0.4 is 0 Å². The largest absolute Gasteiger partial charge is 0.379 e. The Kier molecular flexibility index (Phi) is 5.57. The predicted molar refractivity (Wildman–Crippen MR) is 95.9 cm³/mol. The second kappa shape index (κ2) is 7.66. The molecule has 1 aromatic carbocycles. The van der Waals surface area contributed by atoms with Gasteiger partial charge in [-0.3, -0.25) is 9.69 Å². The number of likely N-dealkylation sites (tertiary alicyclic amines) is 1. The Labute approximate surface area is 145 Å². The van der Waals surface area contributed by atoms with Crippen molar-refractivity contribution in [3.63, 3.8) is 0 Å². The number of carbonyl (C=O) groups is 1. The van der Waals surface area contributed by atoms with Crippen LogP contribution in [-0.2, 0) is 16.0 Å². The van der Waals surface area contributed by atoms with Crippen LogP contribution in [0.4, 0.5) is 0 Å². The van der Waals surface area contributed by atoms with Crippen LogP contribution in [-0.4, -0.2) is 61.1 Å². The standard InChI is InChI=1S/C20H30N2O2/c1-17(2)21-11-12-24-16-20(14-21)9-6-10-22(15-20)19(23)13-18-7-4-3-5-8-18/h3-5,7-8,17H,6,9-16H2,1-2H3. The summed E-state index contributed by atoms with van der Waals surface area (Å²) >= 11 is 0. The number of benzene rings is 1. The van der Waals surface area contributed by atoms with Crippen molar-refractivity contribution in [2.24, 2.45) is 5.41 Å². The molecule has 2 fully saturated rings. The van der Waals surface area contributed by atoms with Gasteiger partial charge in [-0.05, 0) is 32.3 Å². The summed E-state index contributed by atoms with van der Waals surface area (Å²) in [4.78, 5) is 17.4. The van der Waals surface area contributed by atoms with Gasteiger partial charge in [-0.25, -0.2) is 0 Å². The number of carbonyl (C=O) groups excluding carboxylic acids is 1. The molecule has 0 radical (unpaired) electrons. The quantitative estimate of drug-likeness (QED) is 0.854. The lowest BCUT2D eigenvalue weighted by atomic mass is 9.79. The Morgan fingerprint density at radius 1 is 1.21 bits per heavy atom. The van der Waals surface area contributed by atoms with Crippen molar-refractivity contribution in [3.05, 3.63) is 35.9 Å². The molecule has 0 N–H and O–H groups in total. The molecule has 2 aliphatic heterocycles. The summed E-state index contributed by atoms with van der Waals surface area (Å²) in [5.74, 6) is 0.251. The molecule has 1 amide bonds. The Hall–Kier alpha value is -1.39. The number of ether oxygens (including phenoxy) is 1. The normalized spacial score (nSPS) is 25.9. The van der Waals surface area contributed by atoms with Crippen LogP contribution in [0.25, 0.3) is 0 Å². The number of hydrogen-bond acceptors (Lipinski definition) is 3. The second-order valence-corrected chi connectivity index (χ2v) is 7.70. The minimum Gasteiger partial charge on any atom is -0.379 e. The van der Waals surface area contributed by atoms with Crippen molar-refractivity contribution in [2.45, 2.75) is 39.2 Å². The average molecular weight is 330 g/mol. The molecule has 4 heteroatoms. The summed E-state index contributed by atoms with van der Waals surface area (Å²) in [6, 6.07) is 10.6. The first-order chi connectivity index (χ1) is 11.6. The highest BCUT2D eigenvalue weighted by Crippen LogP contribution is 2.33. The minimum atomic E-state index is 0.103. The molecule has 1 aromatic rings. The second-order valence-electron chi connectivity index (χ2n) is 7.70. The van der Waals surface area contributed by atoms with Crippen LogP contribution in [0.15, 0.2) is 30.3 Å². The van der Waals surface area contributed by atoms with Crippen LogP contribution in [0.5, 0.6) is 0 Å². The predicted octanol–water partition coefficient (Wildman–Crippen LogP) is 2.58. The van der Waals surface area contributed by atoms with Gasteiger partial charge >= 0.3 is 0 Å². The fourth-order valence-electron chi connectivity index (χ4n) is 4.02. The van der Waals surface area contributed by atoms with E-state index in [-0.39, 0.29) is 11.3 Å². The summed E-state index contributed by atoms with van der Waals surface area (Å²) in [5, 5.41) is 0. The molecule has 24 heavy (non-hydrogen) atoms. The van der Waals surface area contributed by atoms with Crippen molar-refractivity contribution < 1.29 is 9.53 Å². The molecular weight excluding hydrogens is 300 g/mol. The molecule has 2 saturated heterocycles. The smallest absolute Gasteiger partial charge is 0.227 e. The maximum Gasteiger partial charge on any atom is 0.227 e. The first-order valence-electron chi connectivity index (χ1n) is 9.21. The lowest BCUT2D eigenvalue weighted by molar-refractivity contribution is -0.135. The van der Waals surface area contributed by atoms with Gasteiger partial charge in [0.25, 0.3) is 0 Å². The summed E-state index contributed by atoms with van der Waals surface area (Å²) in [5.41, 5.74) is 1.20. The van der Waals surface area contributed by atoms with Crippen LogP contribution in [0.3, 0.4) is 0 Å². The van der Waals surface area contributed by atoms with Gasteiger partial charge in [0, 0.05) is 37.6 Å². The number of rotatable bonds is 3. The van der Waals surface area contributed by atoms with Gasteiger partial charge in [0.1, 0.15) is 0 Å². The van der Waals surface area contributed by atoms with Gasteiger partial charge < -0.3 is 9.64 Å². The maximum absolute atomic E-state index is 12.8. The summed E-state index contributed by atoms with van der Waals surface area (Å²) in [6.45, 7) is 9.84. The average Bonchev–Trinajstić information content (AvgIpc) is 2.79. The van der Waals surface area contributed by atoms with Crippen molar-refractivity contribution in [2.75, 3.05) is 39.4 Å². The molecule has 3 rings (SSSR count). The van der Waals surface area contributed by atoms with Crippen molar-refractivity contribution in [1.82, 2.24) is 9.80 Å². The van der Waals surface area contributed by atoms with Gasteiger partial charge in [-0.1, -0.05) is 30.3 Å². The number of nitrogens with zero attached hydrogens (tertiary/aromatic N) is 2. The van der Waals surface area contributed by atoms with E-state index < -0.39 is 0 Å². The van der Waals surface area contributed by atoms with Crippen LogP contribution in [0.2, 0.25) is 0 Å². The van der Waals surface area contributed by atoms with Crippen molar-refractivity contribution in [1.29, 1.82) is 0 Å². The molecule has 132 valence electrons. The van der Waals surface area contributed by atoms with E-state index in [9.17, 15) is 4.79 Å². The van der Waals surface area contributed by atoms with E-state index in [1.807, 2.05) is 30.3 Å². The van der Waals surface area contributed by atoms with E-state index >= 15 is 0 Å². The Morgan fingerprint density at radius 2 is 2.00 bits per heavy atom. The van der Waals surface area contributed by atoms with Gasteiger partial charge in [0.15, 0.2) is 0 Å². The lowest BCUT2D eigenvalue weighted by Crippen LogP contribution is -2.53. The number of piperidine rings is 1. The summed E-state index contributed by atoms with van der Waals surface area (Å²) in [6.07, 6.45) is 2.74. The number of hydrogen-bond donors (Lipinski definition) is 0. The Bertz CT molecular complexity index is 546. The first kappa shape index (κ1) is 17.4. The van der Waals surface area contributed by atoms with E-state index in [0.717, 1.165) is 57.8 Å². The van der Waals surface area contributed by atoms with E-state index in [0.29, 0.717) is 12.5 Å². The highest BCUT2D eigenvalue weighted by atomic mass is 16.5. The van der Waals surface area contributed by atoms with Gasteiger partial charge in [-0.15, -0.1) is 0 Å². The molecule has 0 saturated carbocycles. The molecular formula is C20H30N2O2. The SMILES string of the molecule is CC(C)N1CCOCC2(CCCN(C(=O)Cc3ccccc3)C2)C1. The van der Waals surface area contributed by atoms with Crippen LogP contribution in [0, 0.1) is 5.41 Å². The van der Waals surface area contributed by atoms with Crippen molar-refractivity contribution in [3.8, 4) is 0 Å². The maximum atomic E-state index is 12.8. The zero-order valence-electron chi connectivity index (χ0n) is 15.0. The third kappa shape index (κ3) is 4.17. The van der Waals surface area contributed by atoms with E-state index in [2.05, 4.69) is 23.6 Å². The third-order valence-electron chi connectivity index (χ3n) is 5.41. The van der Waals surface area contributed by atoms with E-state index in [1.54, 1.807) is 0 Å². The molecule has 2 heterocycles. The van der Waals surface area contributed by atoms with Gasteiger partial charge in [-0.2, -0.15) is 0 Å². The van der Waals surface area contributed by atoms with E-state index in [1.165, 1.54) is 0 Å². The lowest BCUT2D eigenvalue weighted by Gasteiger charge is -2.44. The molecule has 1 spiro atoms. The molecule has 1 unspecified atom stereocenters. The molecule has 0 aromatic heterocycles. The topological polar surface area (TPSA) is 32.8 Å². The fourth-order valence-corrected chi connectivity index (χ4v) is 4.02. The molecule has 0 aliphatic carbocycles.